The predicted molar refractivity (Wildman–Crippen MR) is 92.4 cm³/mol. The number of hydrogen-bond donors (Lipinski definition) is 0. The Morgan fingerprint density at radius 1 is 1.21 bits per heavy atom. The Balaban J connectivity index is 1.94. The lowest BCUT2D eigenvalue weighted by Gasteiger charge is -2.37. The summed E-state index contributed by atoms with van der Waals surface area (Å²) in [6.07, 6.45) is 2.91. The minimum absolute atomic E-state index is 0.187. The fourth-order valence-electron chi connectivity index (χ4n) is 4.06. The molecule has 1 fully saturated rings. The van der Waals surface area contributed by atoms with Crippen molar-refractivity contribution in [3.05, 3.63) is 69.3 Å². The molecule has 1 aromatic carbocycles. The molecule has 1 amide bonds. The number of fused-ring (bicyclic) bond motifs is 3. The SMILES string of the molecule is CC1=C2C(=CC(c3ccccc3)=C3CN(C)CCC32)N(N=O)C1=O. The first-order chi connectivity index (χ1) is 11.6. The molecule has 0 spiro atoms. The van der Waals surface area contributed by atoms with Crippen molar-refractivity contribution in [1.29, 1.82) is 0 Å². The smallest absolute Gasteiger partial charge is 0.277 e. The molecule has 1 aliphatic carbocycles. The Bertz CT molecular complexity index is 820. The average molecular weight is 321 g/mol. The van der Waals surface area contributed by atoms with Crippen LogP contribution in [0.2, 0.25) is 0 Å². The molecule has 0 N–H and O–H groups in total. The number of amides is 1. The van der Waals surface area contributed by atoms with Crippen LogP contribution in [0, 0.1) is 10.8 Å². The van der Waals surface area contributed by atoms with Crippen LogP contribution in [-0.2, 0) is 4.79 Å². The van der Waals surface area contributed by atoms with Crippen molar-refractivity contribution in [1.82, 2.24) is 9.91 Å². The van der Waals surface area contributed by atoms with E-state index in [1.165, 1.54) is 5.57 Å². The predicted octanol–water partition coefficient (Wildman–Crippen LogP) is 3.13. The lowest BCUT2D eigenvalue weighted by molar-refractivity contribution is -0.124. The van der Waals surface area contributed by atoms with Crippen molar-refractivity contribution in [3.63, 3.8) is 0 Å². The van der Waals surface area contributed by atoms with E-state index in [1.54, 1.807) is 6.92 Å². The van der Waals surface area contributed by atoms with Gasteiger partial charge in [0.25, 0.3) is 5.91 Å². The maximum Gasteiger partial charge on any atom is 0.277 e. The quantitative estimate of drug-likeness (QED) is 0.786. The second-order valence-electron chi connectivity index (χ2n) is 6.65. The summed E-state index contributed by atoms with van der Waals surface area (Å²) in [5.74, 6) is -0.106. The highest BCUT2D eigenvalue weighted by atomic mass is 16.3. The lowest BCUT2D eigenvalue weighted by Crippen LogP contribution is -2.35. The Morgan fingerprint density at radius 2 is 1.96 bits per heavy atom. The third-order valence-electron chi connectivity index (χ3n) is 5.22. The van der Waals surface area contributed by atoms with Gasteiger partial charge >= 0.3 is 0 Å². The average Bonchev–Trinajstić information content (AvgIpc) is 2.85. The fourth-order valence-corrected chi connectivity index (χ4v) is 4.06. The van der Waals surface area contributed by atoms with Gasteiger partial charge in [-0.1, -0.05) is 30.3 Å². The number of likely N-dealkylation sites (N-methyl/N-ethyl adjacent to an activating group) is 1. The summed E-state index contributed by atoms with van der Waals surface area (Å²) in [6.45, 7) is 3.65. The number of carbonyl (C=O) groups is 1. The Labute approximate surface area is 140 Å². The maximum absolute atomic E-state index is 12.4. The van der Waals surface area contributed by atoms with Gasteiger partial charge in [0, 0.05) is 18.0 Å². The van der Waals surface area contributed by atoms with Crippen LogP contribution in [-0.4, -0.2) is 36.0 Å². The lowest BCUT2D eigenvalue weighted by atomic mass is 9.75. The minimum Gasteiger partial charge on any atom is -0.302 e. The van der Waals surface area contributed by atoms with E-state index in [0.717, 1.165) is 41.2 Å². The van der Waals surface area contributed by atoms with Crippen molar-refractivity contribution in [3.8, 4) is 0 Å². The van der Waals surface area contributed by atoms with E-state index in [-0.39, 0.29) is 11.8 Å². The highest BCUT2D eigenvalue weighted by Crippen LogP contribution is 2.47. The van der Waals surface area contributed by atoms with Crippen LogP contribution in [0.15, 0.2) is 64.1 Å². The van der Waals surface area contributed by atoms with Gasteiger partial charge < -0.3 is 4.90 Å². The first-order valence-corrected chi connectivity index (χ1v) is 8.19. The normalized spacial score (nSPS) is 24.1. The Kier molecular flexibility index (Phi) is 3.46. The number of benzene rings is 1. The van der Waals surface area contributed by atoms with Crippen LogP contribution >= 0.6 is 0 Å². The van der Waals surface area contributed by atoms with E-state index >= 15 is 0 Å². The van der Waals surface area contributed by atoms with Gasteiger partial charge in [-0.05, 0) is 55.3 Å². The molecule has 2 aliphatic heterocycles. The standard InChI is InChI=1S/C19H19N3O2/c1-12-18-14-8-9-21(2)11-16(14)15(13-6-4-3-5-7-13)10-17(18)22(20-24)19(12)23/h3-7,10,14H,8-9,11H2,1-2H3. The molecule has 1 aromatic rings. The van der Waals surface area contributed by atoms with Gasteiger partial charge in [-0.25, -0.2) is 0 Å². The van der Waals surface area contributed by atoms with Crippen LogP contribution in [0.25, 0.3) is 5.57 Å². The molecular weight excluding hydrogens is 302 g/mol. The molecular formula is C19H19N3O2. The molecule has 0 radical (unpaired) electrons. The largest absolute Gasteiger partial charge is 0.302 e. The maximum atomic E-state index is 12.4. The summed E-state index contributed by atoms with van der Waals surface area (Å²) in [7, 11) is 2.12. The molecule has 0 bridgehead atoms. The first-order valence-electron chi connectivity index (χ1n) is 8.19. The zero-order valence-electron chi connectivity index (χ0n) is 13.8. The molecule has 5 heteroatoms. The van der Waals surface area contributed by atoms with Gasteiger partial charge in [0.1, 0.15) is 0 Å². The van der Waals surface area contributed by atoms with Crippen molar-refractivity contribution in [2.45, 2.75) is 13.3 Å². The van der Waals surface area contributed by atoms with Crippen molar-refractivity contribution in [2.24, 2.45) is 11.2 Å². The van der Waals surface area contributed by atoms with Gasteiger partial charge in [-0.3, -0.25) is 4.79 Å². The molecule has 5 nitrogen and oxygen atoms in total. The molecule has 122 valence electrons. The summed E-state index contributed by atoms with van der Waals surface area (Å²) >= 11 is 0. The number of likely N-dealkylation sites (tertiary alicyclic amines) is 1. The molecule has 1 unspecified atom stereocenters. The van der Waals surface area contributed by atoms with Gasteiger partial charge in [0.2, 0.25) is 0 Å². The first kappa shape index (κ1) is 15.0. The third-order valence-corrected chi connectivity index (χ3v) is 5.22. The summed E-state index contributed by atoms with van der Waals surface area (Å²) in [5.41, 5.74) is 5.85. The van der Waals surface area contributed by atoms with Crippen molar-refractivity contribution >= 4 is 11.5 Å². The van der Waals surface area contributed by atoms with Crippen molar-refractivity contribution < 1.29 is 4.79 Å². The molecule has 1 saturated heterocycles. The second kappa shape index (κ2) is 5.53. The third kappa shape index (κ3) is 2.08. The van der Waals surface area contributed by atoms with Gasteiger partial charge in [-0.15, -0.1) is 4.91 Å². The Morgan fingerprint density at radius 3 is 2.67 bits per heavy atom. The molecule has 0 aromatic heterocycles. The topological polar surface area (TPSA) is 53.0 Å². The summed E-state index contributed by atoms with van der Waals surface area (Å²) in [4.78, 5) is 25.9. The zero-order chi connectivity index (χ0) is 16.8. The highest BCUT2D eigenvalue weighted by Gasteiger charge is 2.43. The van der Waals surface area contributed by atoms with E-state index in [2.05, 4.69) is 29.4 Å². The molecule has 24 heavy (non-hydrogen) atoms. The number of allylic oxidation sites excluding steroid dienone is 3. The van der Waals surface area contributed by atoms with Crippen LogP contribution in [0.3, 0.4) is 0 Å². The van der Waals surface area contributed by atoms with Crippen LogP contribution in [0.5, 0.6) is 0 Å². The molecule has 2 heterocycles. The Hall–Kier alpha value is -2.53. The van der Waals surface area contributed by atoms with E-state index in [4.69, 9.17) is 0 Å². The minimum atomic E-state index is -0.293. The number of carbonyl (C=O) groups excluding carboxylic acids is 1. The molecule has 4 rings (SSSR count). The summed E-state index contributed by atoms with van der Waals surface area (Å²) in [6, 6.07) is 10.2. The fraction of sp³-hybridized carbons (Fsp3) is 0.316. The van der Waals surface area contributed by atoms with E-state index in [0.29, 0.717) is 11.3 Å². The van der Waals surface area contributed by atoms with Gasteiger partial charge in [-0.2, -0.15) is 5.01 Å². The van der Waals surface area contributed by atoms with Crippen LogP contribution < -0.4 is 0 Å². The van der Waals surface area contributed by atoms with Gasteiger partial charge in [0.15, 0.2) is 0 Å². The number of rotatable bonds is 2. The van der Waals surface area contributed by atoms with E-state index in [1.807, 2.05) is 24.3 Å². The van der Waals surface area contributed by atoms with Gasteiger partial charge in [0.05, 0.1) is 11.0 Å². The van der Waals surface area contributed by atoms with Crippen LogP contribution in [0.1, 0.15) is 18.9 Å². The monoisotopic (exact) mass is 321 g/mol. The summed E-state index contributed by atoms with van der Waals surface area (Å²) in [5, 5.41) is 3.99. The molecule has 3 aliphatic rings. The number of hydrogen-bond acceptors (Lipinski definition) is 4. The van der Waals surface area contributed by atoms with E-state index in [9.17, 15) is 9.70 Å². The highest BCUT2D eigenvalue weighted by molar-refractivity contribution is 6.01. The van der Waals surface area contributed by atoms with Crippen molar-refractivity contribution in [2.75, 3.05) is 20.1 Å². The number of nitrogens with zero attached hydrogens (tertiary/aromatic N) is 3. The number of nitroso groups, excluding NO2 is 1. The second-order valence-corrected chi connectivity index (χ2v) is 6.65. The molecule has 0 saturated carbocycles. The van der Waals surface area contributed by atoms with Crippen LogP contribution in [0.4, 0.5) is 0 Å². The zero-order valence-corrected chi connectivity index (χ0v) is 13.8. The molecule has 1 atom stereocenters. The number of piperidine rings is 1. The van der Waals surface area contributed by atoms with E-state index < -0.39 is 0 Å². The summed E-state index contributed by atoms with van der Waals surface area (Å²) < 4.78 is 0.